The lowest BCUT2D eigenvalue weighted by Gasteiger charge is -2.22. The molecule has 0 aromatic heterocycles. The third-order valence-electron chi connectivity index (χ3n) is 5.54. The van der Waals surface area contributed by atoms with E-state index in [9.17, 15) is 9.59 Å². The van der Waals surface area contributed by atoms with E-state index in [1.165, 1.54) is 5.56 Å². The van der Waals surface area contributed by atoms with Crippen molar-refractivity contribution in [3.8, 4) is 11.5 Å². The molecule has 1 fully saturated rings. The average Bonchev–Trinajstić information content (AvgIpc) is 3.31. The van der Waals surface area contributed by atoms with Gasteiger partial charge in [-0.25, -0.2) is 0 Å². The molecule has 0 saturated carbocycles. The van der Waals surface area contributed by atoms with E-state index in [1.54, 1.807) is 19.1 Å². The molecule has 1 saturated heterocycles. The van der Waals surface area contributed by atoms with Crippen LogP contribution in [-0.2, 0) is 22.6 Å². The second-order valence-electron chi connectivity index (χ2n) is 7.23. The van der Waals surface area contributed by atoms with E-state index in [-0.39, 0.29) is 24.2 Å². The first-order valence-corrected chi connectivity index (χ1v) is 9.48. The van der Waals surface area contributed by atoms with Crippen molar-refractivity contribution in [1.29, 1.82) is 0 Å². The van der Waals surface area contributed by atoms with Crippen LogP contribution in [0.4, 0.5) is 5.69 Å². The summed E-state index contributed by atoms with van der Waals surface area (Å²) in [5.41, 5.74) is 3.13. The van der Waals surface area contributed by atoms with Gasteiger partial charge in [-0.2, -0.15) is 0 Å². The Hall–Kier alpha value is -3.02. The fourth-order valence-corrected chi connectivity index (χ4v) is 4.08. The molecule has 2 amide bonds. The molecule has 2 aliphatic rings. The van der Waals surface area contributed by atoms with E-state index < -0.39 is 0 Å². The Morgan fingerprint density at radius 3 is 2.68 bits per heavy atom. The SMILES string of the molecule is COc1ccc(CN2CC(C(=O)N3CCc4ccccc43)CC2=O)cc1OC. The summed E-state index contributed by atoms with van der Waals surface area (Å²) in [6, 6.07) is 13.6. The van der Waals surface area contributed by atoms with E-state index in [0.717, 1.165) is 17.7 Å². The Morgan fingerprint density at radius 2 is 1.89 bits per heavy atom. The summed E-state index contributed by atoms with van der Waals surface area (Å²) in [7, 11) is 3.18. The number of hydrogen-bond acceptors (Lipinski definition) is 4. The van der Waals surface area contributed by atoms with Gasteiger partial charge in [0.2, 0.25) is 11.8 Å². The molecule has 6 nitrogen and oxygen atoms in total. The van der Waals surface area contributed by atoms with Crippen LogP contribution in [0.2, 0.25) is 0 Å². The molecule has 28 heavy (non-hydrogen) atoms. The van der Waals surface area contributed by atoms with Crippen LogP contribution in [0.1, 0.15) is 17.5 Å². The number of hydrogen-bond donors (Lipinski definition) is 0. The number of ether oxygens (including phenoxy) is 2. The smallest absolute Gasteiger partial charge is 0.232 e. The van der Waals surface area contributed by atoms with Crippen molar-refractivity contribution in [1.82, 2.24) is 4.90 Å². The van der Waals surface area contributed by atoms with Gasteiger partial charge in [-0.3, -0.25) is 9.59 Å². The molecule has 6 heteroatoms. The first-order chi connectivity index (χ1) is 13.6. The van der Waals surface area contributed by atoms with Crippen LogP contribution >= 0.6 is 0 Å². The van der Waals surface area contributed by atoms with Gasteiger partial charge in [-0.15, -0.1) is 0 Å². The van der Waals surface area contributed by atoms with Gasteiger partial charge in [0.25, 0.3) is 0 Å². The van der Waals surface area contributed by atoms with Gasteiger partial charge in [0.1, 0.15) is 0 Å². The molecule has 2 aliphatic heterocycles. The van der Waals surface area contributed by atoms with Crippen LogP contribution in [0.3, 0.4) is 0 Å². The number of anilines is 1. The molecule has 2 aromatic carbocycles. The predicted molar refractivity (Wildman–Crippen MR) is 106 cm³/mol. The van der Waals surface area contributed by atoms with E-state index in [2.05, 4.69) is 6.07 Å². The van der Waals surface area contributed by atoms with Crippen LogP contribution < -0.4 is 14.4 Å². The highest BCUT2D eigenvalue weighted by atomic mass is 16.5. The molecule has 0 spiro atoms. The number of methoxy groups -OCH3 is 2. The summed E-state index contributed by atoms with van der Waals surface area (Å²) in [5, 5.41) is 0. The molecule has 1 unspecified atom stereocenters. The third-order valence-corrected chi connectivity index (χ3v) is 5.54. The van der Waals surface area contributed by atoms with Crippen molar-refractivity contribution >= 4 is 17.5 Å². The van der Waals surface area contributed by atoms with Crippen molar-refractivity contribution in [3.05, 3.63) is 53.6 Å². The number of fused-ring (bicyclic) bond motifs is 1. The van der Waals surface area contributed by atoms with Gasteiger partial charge in [-0.1, -0.05) is 24.3 Å². The quantitative estimate of drug-likeness (QED) is 0.800. The van der Waals surface area contributed by atoms with Gasteiger partial charge in [0, 0.05) is 31.7 Å². The van der Waals surface area contributed by atoms with Crippen LogP contribution in [0.5, 0.6) is 11.5 Å². The summed E-state index contributed by atoms with van der Waals surface area (Å²) >= 11 is 0. The molecule has 2 heterocycles. The van der Waals surface area contributed by atoms with Crippen LogP contribution in [-0.4, -0.2) is 44.0 Å². The van der Waals surface area contributed by atoms with E-state index in [1.807, 2.05) is 41.3 Å². The minimum absolute atomic E-state index is 0.0145. The number of amides is 2. The highest BCUT2D eigenvalue weighted by molar-refractivity contribution is 6.00. The van der Waals surface area contributed by atoms with Crippen LogP contribution in [0.15, 0.2) is 42.5 Å². The zero-order valence-electron chi connectivity index (χ0n) is 16.2. The van der Waals surface area contributed by atoms with Gasteiger partial charge >= 0.3 is 0 Å². The maximum Gasteiger partial charge on any atom is 0.232 e. The second-order valence-corrected chi connectivity index (χ2v) is 7.23. The Labute approximate surface area is 164 Å². The van der Waals surface area contributed by atoms with Crippen molar-refractivity contribution in [2.24, 2.45) is 5.92 Å². The van der Waals surface area contributed by atoms with Crippen molar-refractivity contribution in [3.63, 3.8) is 0 Å². The number of rotatable bonds is 5. The maximum absolute atomic E-state index is 13.0. The third kappa shape index (κ3) is 3.30. The average molecular weight is 380 g/mol. The normalized spacial score (nSPS) is 18.4. The predicted octanol–water partition coefficient (Wildman–Crippen LogP) is 2.64. The Kier molecular flexibility index (Phi) is 4.94. The van der Waals surface area contributed by atoms with E-state index in [0.29, 0.717) is 31.1 Å². The number of carbonyl (C=O) groups excluding carboxylic acids is 2. The molecule has 0 N–H and O–H groups in total. The molecule has 4 rings (SSSR count). The molecule has 146 valence electrons. The van der Waals surface area contributed by atoms with Gasteiger partial charge in [0.15, 0.2) is 11.5 Å². The van der Waals surface area contributed by atoms with Gasteiger partial charge in [0.05, 0.1) is 20.1 Å². The summed E-state index contributed by atoms with van der Waals surface area (Å²) < 4.78 is 10.6. The van der Waals surface area contributed by atoms with Crippen molar-refractivity contribution in [2.45, 2.75) is 19.4 Å². The molecule has 1 atom stereocenters. The Bertz CT molecular complexity index is 911. The summed E-state index contributed by atoms with van der Waals surface area (Å²) in [5.74, 6) is 1.06. The lowest BCUT2D eigenvalue weighted by atomic mass is 10.1. The van der Waals surface area contributed by atoms with E-state index >= 15 is 0 Å². The molecule has 0 aliphatic carbocycles. The summed E-state index contributed by atoms with van der Waals surface area (Å²) in [4.78, 5) is 29.2. The first-order valence-electron chi connectivity index (χ1n) is 9.48. The number of nitrogens with zero attached hydrogens (tertiary/aromatic N) is 2. The fraction of sp³-hybridized carbons (Fsp3) is 0.364. The van der Waals surface area contributed by atoms with Crippen molar-refractivity contribution in [2.75, 3.05) is 32.2 Å². The van der Waals surface area contributed by atoms with Crippen LogP contribution in [0.25, 0.3) is 0 Å². The van der Waals surface area contributed by atoms with Gasteiger partial charge < -0.3 is 19.3 Å². The molecular formula is C22H24N2O4. The number of carbonyl (C=O) groups is 2. The van der Waals surface area contributed by atoms with Crippen molar-refractivity contribution < 1.29 is 19.1 Å². The maximum atomic E-state index is 13.0. The highest BCUT2D eigenvalue weighted by Gasteiger charge is 2.38. The number of likely N-dealkylation sites (tertiary alicyclic amines) is 1. The molecule has 0 bridgehead atoms. The minimum atomic E-state index is -0.293. The Morgan fingerprint density at radius 1 is 1.11 bits per heavy atom. The van der Waals surface area contributed by atoms with Gasteiger partial charge in [-0.05, 0) is 35.7 Å². The van der Waals surface area contributed by atoms with E-state index in [4.69, 9.17) is 9.47 Å². The zero-order chi connectivity index (χ0) is 19.7. The molecular weight excluding hydrogens is 356 g/mol. The number of benzene rings is 2. The monoisotopic (exact) mass is 380 g/mol. The largest absolute Gasteiger partial charge is 0.493 e. The molecule has 0 radical (unpaired) electrons. The topological polar surface area (TPSA) is 59.1 Å². The summed E-state index contributed by atoms with van der Waals surface area (Å²) in [6.45, 7) is 1.60. The second kappa shape index (κ2) is 7.54. The zero-order valence-corrected chi connectivity index (χ0v) is 16.2. The fourth-order valence-electron chi connectivity index (χ4n) is 4.08. The molecule has 2 aromatic rings. The summed E-state index contributed by atoms with van der Waals surface area (Å²) in [6.07, 6.45) is 1.14. The minimum Gasteiger partial charge on any atom is -0.493 e. The first kappa shape index (κ1) is 18.3. The lowest BCUT2D eigenvalue weighted by Crippen LogP contribution is -2.36. The number of para-hydroxylation sites is 1. The highest BCUT2D eigenvalue weighted by Crippen LogP contribution is 2.32. The van der Waals surface area contributed by atoms with Crippen LogP contribution in [0, 0.1) is 5.92 Å². The lowest BCUT2D eigenvalue weighted by molar-refractivity contribution is -0.128. The standard InChI is InChI=1S/C22H24N2O4/c1-27-19-8-7-15(11-20(19)28-2)13-23-14-17(12-21(23)25)22(26)24-10-9-16-5-3-4-6-18(16)24/h3-8,11,17H,9-10,12-14H2,1-2H3. The Balaban J connectivity index is 1.45.